The molecule has 1 aliphatic rings. The number of benzene rings is 2. The molecule has 1 aliphatic heterocycles. The second kappa shape index (κ2) is 8.91. The first-order valence-corrected chi connectivity index (χ1v) is 9.56. The lowest BCUT2D eigenvalue weighted by molar-refractivity contribution is -0.127. The zero-order valence-corrected chi connectivity index (χ0v) is 16.2. The van der Waals surface area contributed by atoms with Gasteiger partial charge in [-0.3, -0.25) is 9.69 Å². The molecule has 5 heteroatoms. The Morgan fingerprint density at radius 1 is 1.11 bits per heavy atom. The van der Waals surface area contributed by atoms with Crippen LogP contribution in [-0.4, -0.2) is 42.6 Å². The van der Waals surface area contributed by atoms with E-state index in [1.807, 2.05) is 68.4 Å². The van der Waals surface area contributed by atoms with Crippen LogP contribution in [0.15, 0.2) is 54.6 Å². The number of rotatable bonds is 7. The third-order valence-electron chi connectivity index (χ3n) is 5.00. The summed E-state index contributed by atoms with van der Waals surface area (Å²) < 4.78 is 11.8. The van der Waals surface area contributed by atoms with Crippen LogP contribution in [0.3, 0.4) is 0 Å². The van der Waals surface area contributed by atoms with Crippen molar-refractivity contribution >= 4 is 5.91 Å². The van der Waals surface area contributed by atoms with Crippen molar-refractivity contribution in [3.8, 4) is 11.5 Å². The molecule has 0 radical (unpaired) electrons. The predicted molar refractivity (Wildman–Crippen MR) is 106 cm³/mol. The fraction of sp³-hybridized carbons (Fsp3) is 0.409. The minimum Gasteiger partial charge on any atom is -0.486 e. The van der Waals surface area contributed by atoms with Crippen LogP contribution in [0, 0.1) is 0 Å². The molecule has 3 unspecified atom stereocenters. The molecule has 144 valence electrons. The van der Waals surface area contributed by atoms with Gasteiger partial charge < -0.3 is 14.8 Å². The number of carbonyl (C=O) groups excluding carboxylic acids is 1. The quantitative estimate of drug-likeness (QED) is 0.814. The average Bonchev–Trinajstić information content (AvgIpc) is 2.72. The van der Waals surface area contributed by atoms with Gasteiger partial charge in [0.15, 0.2) is 11.5 Å². The Morgan fingerprint density at radius 3 is 2.48 bits per heavy atom. The van der Waals surface area contributed by atoms with Crippen LogP contribution in [0.25, 0.3) is 0 Å². The van der Waals surface area contributed by atoms with Crippen LogP contribution < -0.4 is 14.8 Å². The van der Waals surface area contributed by atoms with E-state index in [1.54, 1.807) is 0 Å². The highest BCUT2D eigenvalue weighted by atomic mass is 16.6. The number of hydrogen-bond donors (Lipinski definition) is 1. The summed E-state index contributed by atoms with van der Waals surface area (Å²) in [6, 6.07) is 17.4. The topological polar surface area (TPSA) is 50.8 Å². The van der Waals surface area contributed by atoms with E-state index in [4.69, 9.17) is 9.47 Å². The maximum absolute atomic E-state index is 12.7. The molecule has 0 saturated heterocycles. The average molecular weight is 368 g/mol. The molecule has 0 bridgehead atoms. The Morgan fingerprint density at radius 2 is 1.78 bits per heavy atom. The highest BCUT2D eigenvalue weighted by Crippen LogP contribution is 2.31. The summed E-state index contributed by atoms with van der Waals surface area (Å²) in [5.74, 6) is 1.56. The zero-order chi connectivity index (χ0) is 19.2. The van der Waals surface area contributed by atoms with Crippen molar-refractivity contribution in [1.29, 1.82) is 0 Å². The van der Waals surface area contributed by atoms with E-state index >= 15 is 0 Å². The van der Waals surface area contributed by atoms with E-state index in [-0.39, 0.29) is 24.1 Å². The van der Waals surface area contributed by atoms with Crippen molar-refractivity contribution in [2.24, 2.45) is 0 Å². The van der Waals surface area contributed by atoms with Gasteiger partial charge >= 0.3 is 0 Å². The number of carbonyl (C=O) groups is 1. The van der Waals surface area contributed by atoms with Crippen molar-refractivity contribution in [2.45, 2.75) is 39.0 Å². The third kappa shape index (κ3) is 4.80. The second-order valence-corrected chi connectivity index (χ2v) is 6.90. The number of ether oxygens (including phenoxy) is 2. The molecular formula is C22H28N2O3. The third-order valence-corrected chi connectivity index (χ3v) is 5.00. The summed E-state index contributed by atoms with van der Waals surface area (Å²) in [6.07, 6.45) is -0.0957. The molecule has 0 fully saturated rings. The molecule has 2 aromatic carbocycles. The molecule has 3 rings (SSSR count). The Labute approximate surface area is 161 Å². The SMILES string of the molecule is CCN(CC1COc2ccccc2O1)C(C)C(=O)NC(C)c1ccccc1. The van der Waals surface area contributed by atoms with E-state index in [2.05, 4.69) is 17.1 Å². The molecule has 0 aliphatic carbocycles. The normalized spacial score (nSPS) is 18.0. The van der Waals surface area contributed by atoms with Gasteiger partial charge in [0.1, 0.15) is 12.7 Å². The van der Waals surface area contributed by atoms with Crippen LogP contribution in [-0.2, 0) is 4.79 Å². The van der Waals surface area contributed by atoms with Crippen LogP contribution >= 0.6 is 0 Å². The number of nitrogens with one attached hydrogen (secondary N) is 1. The Balaban J connectivity index is 1.57. The summed E-state index contributed by atoms with van der Waals surface area (Å²) >= 11 is 0. The minimum atomic E-state index is -0.248. The Hall–Kier alpha value is -2.53. The number of likely N-dealkylation sites (N-methyl/N-ethyl adjacent to an activating group) is 1. The molecule has 1 amide bonds. The molecule has 1 heterocycles. The first-order valence-electron chi connectivity index (χ1n) is 9.56. The largest absolute Gasteiger partial charge is 0.486 e. The fourth-order valence-electron chi connectivity index (χ4n) is 3.30. The number of amides is 1. The molecule has 0 spiro atoms. The van der Waals surface area contributed by atoms with Crippen LogP contribution in [0.2, 0.25) is 0 Å². The van der Waals surface area contributed by atoms with Crippen molar-refractivity contribution in [3.05, 3.63) is 60.2 Å². The Kier molecular flexibility index (Phi) is 6.35. The van der Waals surface area contributed by atoms with Gasteiger partial charge in [-0.15, -0.1) is 0 Å². The van der Waals surface area contributed by atoms with Gasteiger partial charge in [-0.1, -0.05) is 49.4 Å². The molecular weight excluding hydrogens is 340 g/mol. The summed E-state index contributed by atoms with van der Waals surface area (Å²) in [7, 11) is 0. The van der Waals surface area contributed by atoms with Crippen LogP contribution in [0.4, 0.5) is 0 Å². The maximum atomic E-state index is 12.7. The zero-order valence-electron chi connectivity index (χ0n) is 16.2. The molecule has 3 atom stereocenters. The minimum absolute atomic E-state index is 0.0188. The van der Waals surface area contributed by atoms with Crippen molar-refractivity contribution in [1.82, 2.24) is 10.2 Å². The summed E-state index contributed by atoms with van der Waals surface area (Å²) in [6.45, 7) is 7.89. The summed E-state index contributed by atoms with van der Waals surface area (Å²) in [4.78, 5) is 14.9. The van der Waals surface area contributed by atoms with E-state index in [0.29, 0.717) is 13.2 Å². The molecule has 5 nitrogen and oxygen atoms in total. The highest BCUT2D eigenvalue weighted by Gasteiger charge is 2.27. The smallest absolute Gasteiger partial charge is 0.237 e. The molecule has 27 heavy (non-hydrogen) atoms. The summed E-state index contributed by atoms with van der Waals surface area (Å²) in [5, 5.41) is 3.11. The van der Waals surface area contributed by atoms with Gasteiger partial charge in [-0.25, -0.2) is 0 Å². The highest BCUT2D eigenvalue weighted by molar-refractivity contribution is 5.81. The van der Waals surface area contributed by atoms with Gasteiger partial charge in [0, 0.05) is 6.54 Å². The van der Waals surface area contributed by atoms with Gasteiger partial charge in [0.2, 0.25) is 5.91 Å². The molecule has 2 aromatic rings. The standard InChI is InChI=1S/C22H28N2O3/c1-4-24(14-19-15-26-20-12-8-9-13-21(20)27-19)17(3)22(25)23-16(2)18-10-6-5-7-11-18/h5-13,16-17,19H,4,14-15H2,1-3H3,(H,23,25). The maximum Gasteiger partial charge on any atom is 0.237 e. The molecule has 0 saturated carbocycles. The van der Waals surface area contributed by atoms with Gasteiger partial charge in [0.25, 0.3) is 0 Å². The van der Waals surface area contributed by atoms with E-state index < -0.39 is 0 Å². The number of nitrogens with zero attached hydrogens (tertiary/aromatic N) is 1. The molecule has 0 aromatic heterocycles. The first-order chi connectivity index (χ1) is 13.1. The van der Waals surface area contributed by atoms with Crippen molar-refractivity contribution in [2.75, 3.05) is 19.7 Å². The Bertz CT molecular complexity index is 750. The van der Waals surface area contributed by atoms with Crippen molar-refractivity contribution < 1.29 is 14.3 Å². The summed E-state index contributed by atoms with van der Waals surface area (Å²) in [5.41, 5.74) is 1.10. The van der Waals surface area contributed by atoms with E-state index in [0.717, 1.165) is 23.6 Å². The van der Waals surface area contributed by atoms with Gasteiger partial charge in [-0.05, 0) is 38.1 Å². The number of hydrogen-bond acceptors (Lipinski definition) is 4. The monoisotopic (exact) mass is 368 g/mol. The van der Waals surface area contributed by atoms with E-state index in [1.165, 1.54) is 0 Å². The number of para-hydroxylation sites is 2. The predicted octanol–water partition coefficient (Wildman–Crippen LogP) is 3.41. The number of fused-ring (bicyclic) bond motifs is 1. The fourth-order valence-corrected chi connectivity index (χ4v) is 3.30. The van der Waals surface area contributed by atoms with E-state index in [9.17, 15) is 4.79 Å². The second-order valence-electron chi connectivity index (χ2n) is 6.90. The van der Waals surface area contributed by atoms with Crippen molar-refractivity contribution in [3.63, 3.8) is 0 Å². The first kappa shape index (κ1) is 19.2. The van der Waals surface area contributed by atoms with Gasteiger partial charge in [-0.2, -0.15) is 0 Å². The lowest BCUT2D eigenvalue weighted by Gasteiger charge is -2.33. The molecule has 1 N–H and O–H groups in total. The van der Waals surface area contributed by atoms with Crippen LogP contribution in [0.5, 0.6) is 11.5 Å². The van der Waals surface area contributed by atoms with Crippen LogP contribution in [0.1, 0.15) is 32.4 Å². The lowest BCUT2D eigenvalue weighted by atomic mass is 10.1. The van der Waals surface area contributed by atoms with Gasteiger partial charge in [0.05, 0.1) is 12.1 Å². The lowest BCUT2D eigenvalue weighted by Crippen LogP contribution is -2.50.